The molecule has 312 valence electrons. The van der Waals surface area contributed by atoms with Crippen LogP contribution in [-0.4, -0.2) is 116 Å². The molecule has 0 aliphatic carbocycles. The smallest absolute Gasteiger partial charge is 0.245 e. The summed E-state index contributed by atoms with van der Waals surface area (Å²) in [4.78, 5) is 54.4. The van der Waals surface area contributed by atoms with Gasteiger partial charge in [0.1, 0.15) is 6.04 Å². The second-order valence-electron chi connectivity index (χ2n) is 15.2. The van der Waals surface area contributed by atoms with Crippen LogP contribution >= 0.6 is 0 Å². The van der Waals surface area contributed by atoms with Crippen molar-refractivity contribution in [1.82, 2.24) is 25.8 Å². The van der Waals surface area contributed by atoms with Crippen LogP contribution < -0.4 is 16.0 Å². The molecular formula is C42H77N5O7. The number of carbonyl (C=O) groups is 4. The third-order valence-electron chi connectivity index (χ3n) is 10.4. The molecule has 54 heavy (non-hydrogen) atoms. The highest BCUT2D eigenvalue weighted by Crippen LogP contribution is 2.29. The number of benzene rings is 1. The Balaban J connectivity index is 0.00000156. The summed E-state index contributed by atoms with van der Waals surface area (Å²) in [6.45, 7) is 22.7. The third-order valence-corrected chi connectivity index (χ3v) is 10.4. The third kappa shape index (κ3) is 15.2. The van der Waals surface area contributed by atoms with Gasteiger partial charge in [-0.3, -0.25) is 19.2 Å². The van der Waals surface area contributed by atoms with Gasteiger partial charge in [-0.25, -0.2) is 0 Å². The quantitative estimate of drug-likeness (QED) is 0.133. The first-order valence-electron chi connectivity index (χ1n) is 20.0. The van der Waals surface area contributed by atoms with Crippen molar-refractivity contribution in [1.29, 1.82) is 0 Å². The minimum atomic E-state index is -0.687. The molecule has 9 unspecified atom stereocenters. The predicted molar refractivity (Wildman–Crippen MR) is 218 cm³/mol. The zero-order valence-corrected chi connectivity index (χ0v) is 36.2. The Hall–Kier alpha value is -3.06. The minimum absolute atomic E-state index is 0.0188. The fourth-order valence-electron chi connectivity index (χ4n) is 7.22. The summed E-state index contributed by atoms with van der Waals surface area (Å²) in [5.74, 6) is 0.0156. The van der Waals surface area contributed by atoms with Gasteiger partial charge in [0.2, 0.25) is 24.1 Å². The van der Waals surface area contributed by atoms with Gasteiger partial charge in [0.15, 0.2) is 0 Å². The highest BCUT2D eigenvalue weighted by molar-refractivity contribution is 5.90. The summed E-state index contributed by atoms with van der Waals surface area (Å²) in [7, 11) is 6.85. The zero-order chi connectivity index (χ0) is 41.7. The van der Waals surface area contributed by atoms with Crippen molar-refractivity contribution in [2.45, 2.75) is 150 Å². The maximum absolute atomic E-state index is 13.9. The van der Waals surface area contributed by atoms with Gasteiger partial charge < -0.3 is 40.3 Å². The van der Waals surface area contributed by atoms with E-state index in [1.807, 2.05) is 76.8 Å². The van der Waals surface area contributed by atoms with Gasteiger partial charge in [-0.2, -0.15) is 0 Å². The Morgan fingerprint density at radius 2 is 1.52 bits per heavy atom. The topological polar surface area (TPSA) is 150 Å². The first-order chi connectivity index (χ1) is 25.5. The van der Waals surface area contributed by atoms with Crippen molar-refractivity contribution in [2.24, 2.45) is 23.7 Å². The number of amides is 4. The molecule has 1 fully saturated rings. The molecule has 0 bridgehead atoms. The van der Waals surface area contributed by atoms with Gasteiger partial charge in [-0.1, -0.05) is 106 Å². The van der Waals surface area contributed by atoms with Gasteiger partial charge in [0, 0.05) is 27.8 Å². The molecule has 1 saturated heterocycles. The lowest BCUT2D eigenvalue weighted by atomic mass is 9.89. The lowest BCUT2D eigenvalue weighted by molar-refractivity contribution is -0.147. The van der Waals surface area contributed by atoms with E-state index in [1.54, 1.807) is 40.1 Å². The van der Waals surface area contributed by atoms with Crippen molar-refractivity contribution in [3.63, 3.8) is 0 Å². The molecule has 12 nitrogen and oxygen atoms in total. The Morgan fingerprint density at radius 3 is 1.96 bits per heavy atom. The predicted octanol–water partition coefficient (Wildman–Crippen LogP) is 5.19. The first kappa shape index (κ1) is 50.9. The number of rotatable bonds is 20. The highest BCUT2D eigenvalue weighted by Gasteiger charge is 2.41. The Morgan fingerprint density at radius 1 is 0.944 bits per heavy atom. The average Bonchev–Trinajstić information content (AvgIpc) is 3.64. The number of nitrogens with one attached hydrogen (secondary N) is 3. The van der Waals surface area contributed by atoms with Crippen LogP contribution in [0.3, 0.4) is 0 Å². The van der Waals surface area contributed by atoms with Crippen LogP contribution in [0.25, 0.3) is 0 Å². The molecule has 1 heterocycles. The van der Waals surface area contributed by atoms with E-state index in [0.717, 1.165) is 24.8 Å². The number of likely N-dealkylation sites (tertiary alicyclic amines) is 1. The van der Waals surface area contributed by atoms with E-state index in [1.165, 1.54) is 0 Å². The van der Waals surface area contributed by atoms with E-state index in [0.29, 0.717) is 18.9 Å². The summed E-state index contributed by atoms with van der Waals surface area (Å²) in [6.07, 6.45) is 2.32. The summed E-state index contributed by atoms with van der Waals surface area (Å²) < 4.78 is 11.7. The van der Waals surface area contributed by atoms with Crippen molar-refractivity contribution in [3.05, 3.63) is 35.9 Å². The fraction of sp³-hybridized carbons (Fsp3) is 0.762. The standard InChI is InChI=1S/C30H58N4O5.C10H13NO2.C2H6/c1-13-21(8)27(33(10)30(37)26(19(4)5)32-29(36)25(31-9)18(2)3)23(38-11)17-24(35)34-16-14-15-22(34)28(39-12)20(6)7;1-8(11-7-12)10(13)9-5-3-2-4-6-9;1-2/h18-23,25-28,31H,13-17H2,1-12H3,(H,32,36);2-8,10,13H,1H3,(H,11,12);1-2H3. The van der Waals surface area contributed by atoms with E-state index < -0.39 is 24.3 Å². The monoisotopic (exact) mass is 764 g/mol. The number of nitrogens with zero attached hydrogens (tertiary/aromatic N) is 2. The Kier molecular flexibility index (Phi) is 25.2. The van der Waals surface area contributed by atoms with Gasteiger partial charge >= 0.3 is 0 Å². The molecule has 0 saturated carbocycles. The van der Waals surface area contributed by atoms with Gasteiger partial charge in [0.05, 0.1) is 48.9 Å². The van der Waals surface area contributed by atoms with Crippen molar-refractivity contribution >= 4 is 24.1 Å². The fourth-order valence-corrected chi connectivity index (χ4v) is 7.22. The van der Waals surface area contributed by atoms with E-state index in [2.05, 4.69) is 43.6 Å². The molecule has 9 atom stereocenters. The number of aliphatic hydroxyl groups excluding tert-OH is 1. The molecule has 1 aromatic carbocycles. The Labute approximate surface area is 327 Å². The van der Waals surface area contributed by atoms with Gasteiger partial charge in [0.25, 0.3) is 0 Å². The van der Waals surface area contributed by atoms with Gasteiger partial charge in [-0.05, 0) is 56.0 Å². The van der Waals surface area contributed by atoms with Crippen molar-refractivity contribution in [3.8, 4) is 0 Å². The number of hydrogen-bond donors (Lipinski definition) is 4. The number of aliphatic hydroxyl groups is 1. The lowest BCUT2D eigenvalue weighted by Gasteiger charge is -2.41. The highest BCUT2D eigenvalue weighted by atomic mass is 16.5. The van der Waals surface area contributed by atoms with Crippen LogP contribution in [0.4, 0.5) is 0 Å². The van der Waals surface area contributed by atoms with Crippen molar-refractivity contribution < 1.29 is 33.8 Å². The second-order valence-corrected chi connectivity index (χ2v) is 15.2. The normalized spacial score (nSPS) is 18.5. The summed E-state index contributed by atoms with van der Waals surface area (Å²) >= 11 is 0. The van der Waals surface area contributed by atoms with E-state index in [4.69, 9.17) is 9.47 Å². The van der Waals surface area contributed by atoms with Crippen molar-refractivity contribution in [2.75, 3.05) is 34.9 Å². The average molecular weight is 764 g/mol. The molecule has 1 aliphatic rings. The number of hydrogen-bond acceptors (Lipinski definition) is 8. The maximum atomic E-state index is 13.9. The molecule has 2 rings (SSSR count). The van der Waals surface area contributed by atoms with Crippen LogP contribution in [0.2, 0.25) is 0 Å². The molecule has 4 amide bonds. The largest absolute Gasteiger partial charge is 0.386 e. The molecule has 1 aliphatic heterocycles. The molecule has 4 N–H and O–H groups in total. The molecule has 12 heteroatoms. The number of methoxy groups -OCH3 is 2. The maximum Gasteiger partial charge on any atom is 0.245 e. The Bertz CT molecular complexity index is 1200. The van der Waals surface area contributed by atoms with E-state index in [9.17, 15) is 24.3 Å². The number of ether oxygens (including phenoxy) is 2. The van der Waals surface area contributed by atoms with Crippen LogP contribution in [0.5, 0.6) is 0 Å². The first-order valence-corrected chi connectivity index (χ1v) is 20.0. The molecule has 1 aromatic rings. The van der Waals surface area contributed by atoms with Crippen LogP contribution in [0.15, 0.2) is 30.3 Å². The number of likely N-dealkylation sites (N-methyl/N-ethyl adjacent to an activating group) is 2. The summed E-state index contributed by atoms with van der Waals surface area (Å²) in [5, 5.41) is 18.3. The SMILES string of the molecule is CC.CC(NC=O)C(O)c1ccccc1.CCC(C)C(C(CC(=O)N1CCCC1C(OC)C(C)C)OC)N(C)C(=O)C(NC(=O)C(NC)C(C)C)C(C)C. The number of carbonyl (C=O) groups excluding carboxylic acids is 4. The molecular weight excluding hydrogens is 686 g/mol. The zero-order valence-electron chi connectivity index (χ0n) is 36.2. The second kappa shape index (κ2) is 26.7. The molecule has 0 spiro atoms. The van der Waals surface area contributed by atoms with Crippen LogP contribution in [0, 0.1) is 23.7 Å². The molecule has 0 aromatic heterocycles. The summed E-state index contributed by atoms with van der Waals surface area (Å²) in [6, 6.07) is 7.61. The summed E-state index contributed by atoms with van der Waals surface area (Å²) in [5.41, 5.74) is 0.810. The van der Waals surface area contributed by atoms with Crippen LogP contribution in [-0.2, 0) is 28.7 Å². The lowest BCUT2D eigenvalue weighted by Crippen LogP contribution is -2.59. The minimum Gasteiger partial charge on any atom is -0.386 e. The van der Waals surface area contributed by atoms with Gasteiger partial charge in [-0.15, -0.1) is 0 Å². The van der Waals surface area contributed by atoms with E-state index in [-0.39, 0.29) is 66.1 Å². The van der Waals surface area contributed by atoms with E-state index >= 15 is 0 Å². The van der Waals surface area contributed by atoms with Crippen LogP contribution in [0.1, 0.15) is 114 Å². The molecule has 0 radical (unpaired) electrons.